The van der Waals surface area contributed by atoms with Gasteiger partial charge in [0.05, 0.1) is 12.4 Å². The normalized spacial score (nSPS) is 11.3. The Labute approximate surface area is 111 Å². The van der Waals surface area contributed by atoms with E-state index in [0.29, 0.717) is 0 Å². The molecule has 0 aliphatic rings. The van der Waals surface area contributed by atoms with Crippen molar-refractivity contribution >= 4 is 15.8 Å². The number of rotatable bonds is 6. The maximum absolute atomic E-state index is 13.8. The molecule has 0 heterocycles. The van der Waals surface area contributed by atoms with Crippen molar-refractivity contribution in [2.24, 2.45) is 5.73 Å². The minimum atomic E-state index is -3.76. The van der Waals surface area contributed by atoms with Crippen LogP contribution < -0.4 is 5.73 Å². The zero-order valence-electron chi connectivity index (χ0n) is 10.6. The minimum Gasteiger partial charge on any atom is -0.465 e. The highest BCUT2D eigenvalue weighted by atomic mass is 32.2. The Kier molecular flexibility index (Phi) is 5.44. The van der Waals surface area contributed by atoms with E-state index in [0.717, 1.165) is 0 Å². The largest absolute Gasteiger partial charge is 0.465 e. The van der Waals surface area contributed by atoms with E-state index in [9.17, 15) is 17.6 Å². The van der Waals surface area contributed by atoms with Crippen LogP contribution in [0.3, 0.4) is 0 Å². The van der Waals surface area contributed by atoms with Crippen LogP contribution in [0.5, 0.6) is 0 Å². The lowest BCUT2D eigenvalue weighted by molar-refractivity contribution is -0.139. The Morgan fingerprint density at radius 2 is 2.00 bits per heavy atom. The number of ether oxygens (including phenoxy) is 1. The molecule has 0 spiro atoms. The molecule has 0 aliphatic carbocycles. The molecule has 2 N–H and O–H groups in total. The summed E-state index contributed by atoms with van der Waals surface area (Å²) >= 11 is 0. The highest BCUT2D eigenvalue weighted by molar-refractivity contribution is 7.91. The smallest absolute Gasteiger partial charge is 0.321 e. The molecular formula is C12H16FNO4S. The average Bonchev–Trinajstić information content (AvgIpc) is 2.31. The number of benzene rings is 1. The SMILES string of the molecule is CCOC(=O)CS(=O)(=O)Cc1cccc(CN)c1F. The van der Waals surface area contributed by atoms with E-state index < -0.39 is 33.1 Å². The van der Waals surface area contributed by atoms with Crippen molar-refractivity contribution in [3.05, 3.63) is 35.1 Å². The van der Waals surface area contributed by atoms with Crippen molar-refractivity contribution < 1.29 is 22.3 Å². The second kappa shape index (κ2) is 6.63. The summed E-state index contributed by atoms with van der Waals surface area (Å²) in [6.45, 7) is 1.66. The van der Waals surface area contributed by atoms with Crippen molar-refractivity contribution in [1.29, 1.82) is 0 Å². The number of nitrogens with two attached hydrogens (primary N) is 1. The molecule has 1 rings (SSSR count). The van der Waals surface area contributed by atoms with Gasteiger partial charge in [0.1, 0.15) is 11.6 Å². The van der Waals surface area contributed by atoms with Crippen molar-refractivity contribution in [3.63, 3.8) is 0 Å². The van der Waals surface area contributed by atoms with Crippen LogP contribution in [-0.2, 0) is 31.7 Å². The van der Waals surface area contributed by atoms with Crippen molar-refractivity contribution in [2.45, 2.75) is 19.2 Å². The quantitative estimate of drug-likeness (QED) is 0.781. The van der Waals surface area contributed by atoms with Gasteiger partial charge in [-0.15, -0.1) is 0 Å². The van der Waals surface area contributed by atoms with Gasteiger partial charge < -0.3 is 10.5 Å². The summed E-state index contributed by atoms with van der Waals surface area (Å²) in [5.74, 6) is -2.78. The summed E-state index contributed by atoms with van der Waals surface area (Å²) in [5.41, 5.74) is 5.59. The number of hydrogen-bond acceptors (Lipinski definition) is 5. The van der Waals surface area contributed by atoms with Crippen LogP contribution in [-0.4, -0.2) is 26.7 Å². The fourth-order valence-electron chi connectivity index (χ4n) is 1.57. The first-order chi connectivity index (χ1) is 8.89. The van der Waals surface area contributed by atoms with Crippen LogP contribution >= 0.6 is 0 Å². The van der Waals surface area contributed by atoms with Crippen LogP contribution in [0.4, 0.5) is 4.39 Å². The number of carbonyl (C=O) groups is 1. The maximum atomic E-state index is 13.8. The highest BCUT2D eigenvalue weighted by Gasteiger charge is 2.20. The molecule has 5 nitrogen and oxygen atoms in total. The predicted molar refractivity (Wildman–Crippen MR) is 68.4 cm³/mol. The zero-order valence-corrected chi connectivity index (χ0v) is 11.4. The second-order valence-corrected chi connectivity index (χ2v) is 6.00. The van der Waals surface area contributed by atoms with Gasteiger partial charge >= 0.3 is 5.97 Å². The monoisotopic (exact) mass is 289 g/mol. The van der Waals surface area contributed by atoms with E-state index in [1.165, 1.54) is 18.2 Å². The zero-order chi connectivity index (χ0) is 14.5. The van der Waals surface area contributed by atoms with E-state index in [4.69, 9.17) is 5.73 Å². The first-order valence-corrected chi connectivity index (χ1v) is 7.54. The van der Waals surface area contributed by atoms with E-state index in [2.05, 4.69) is 4.74 Å². The second-order valence-electron chi connectivity index (χ2n) is 3.93. The molecule has 19 heavy (non-hydrogen) atoms. The molecule has 0 radical (unpaired) electrons. The third-order valence-corrected chi connectivity index (χ3v) is 3.82. The molecule has 0 saturated carbocycles. The topological polar surface area (TPSA) is 86.5 Å². The van der Waals surface area contributed by atoms with Crippen LogP contribution in [0.2, 0.25) is 0 Å². The summed E-state index contributed by atoms with van der Waals surface area (Å²) in [7, 11) is -3.76. The van der Waals surface area contributed by atoms with Gasteiger partial charge in [0.25, 0.3) is 0 Å². The number of halogens is 1. The van der Waals surface area contributed by atoms with E-state index in [1.807, 2.05) is 0 Å². The first-order valence-electron chi connectivity index (χ1n) is 5.72. The minimum absolute atomic E-state index is 0.00671. The fourth-order valence-corrected chi connectivity index (χ4v) is 2.81. The number of hydrogen-bond donors (Lipinski definition) is 1. The van der Waals surface area contributed by atoms with Gasteiger partial charge in [-0.2, -0.15) is 0 Å². The molecule has 0 atom stereocenters. The standard InChI is InChI=1S/C12H16FNO4S/c1-2-18-11(15)8-19(16,17)7-10-5-3-4-9(6-14)12(10)13/h3-5H,2,6-8,14H2,1H3. The van der Waals surface area contributed by atoms with Gasteiger partial charge in [0.2, 0.25) is 0 Å². The third-order valence-electron chi connectivity index (χ3n) is 2.40. The molecule has 0 aliphatic heterocycles. The highest BCUT2D eigenvalue weighted by Crippen LogP contribution is 2.15. The summed E-state index contributed by atoms with van der Waals surface area (Å²) in [4.78, 5) is 11.1. The van der Waals surface area contributed by atoms with E-state index >= 15 is 0 Å². The van der Waals surface area contributed by atoms with Gasteiger partial charge in [-0.1, -0.05) is 18.2 Å². The van der Waals surface area contributed by atoms with Crippen molar-refractivity contribution in [3.8, 4) is 0 Å². The van der Waals surface area contributed by atoms with Gasteiger partial charge in [-0.05, 0) is 6.92 Å². The molecule has 0 unspecified atom stereocenters. The lowest BCUT2D eigenvalue weighted by Gasteiger charge is -2.08. The molecule has 0 saturated heterocycles. The lowest BCUT2D eigenvalue weighted by atomic mass is 10.1. The van der Waals surface area contributed by atoms with Crippen LogP contribution in [0.25, 0.3) is 0 Å². The third kappa shape index (κ3) is 4.60. The molecule has 106 valence electrons. The molecule has 0 aromatic heterocycles. The predicted octanol–water partition coefficient (Wildman–Crippen LogP) is 0.762. The van der Waals surface area contributed by atoms with E-state index in [1.54, 1.807) is 6.92 Å². The van der Waals surface area contributed by atoms with Gasteiger partial charge in [0, 0.05) is 17.7 Å². The number of carbonyl (C=O) groups excluding carboxylic acids is 1. The molecule has 1 aromatic rings. The van der Waals surface area contributed by atoms with Gasteiger partial charge in [-0.25, -0.2) is 12.8 Å². The van der Waals surface area contributed by atoms with E-state index in [-0.39, 0.29) is 24.3 Å². The summed E-state index contributed by atoms with van der Waals surface area (Å²) < 4.78 is 41.9. The first kappa shape index (κ1) is 15.6. The summed E-state index contributed by atoms with van der Waals surface area (Å²) in [5, 5.41) is 0. The molecule has 0 bridgehead atoms. The molecule has 7 heteroatoms. The molecule has 0 fully saturated rings. The van der Waals surface area contributed by atoms with Crippen LogP contribution in [0, 0.1) is 5.82 Å². The summed E-state index contributed by atoms with van der Waals surface area (Å²) in [6.07, 6.45) is 0. The number of esters is 1. The Morgan fingerprint density at radius 1 is 1.37 bits per heavy atom. The Morgan fingerprint density at radius 3 is 2.58 bits per heavy atom. The van der Waals surface area contributed by atoms with Gasteiger partial charge in [0.15, 0.2) is 9.84 Å². The Bertz CT molecular complexity index is 557. The molecule has 0 amide bonds. The maximum Gasteiger partial charge on any atom is 0.321 e. The van der Waals surface area contributed by atoms with Crippen LogP contribution in [0.15, 0.2) is 18.2 Å². The van der Waals surface area contributed by atoms with Crippen molar-refractivity contribution in [2.75, 3.05) is 12.4 Å². The summed E-state index contributed by atoms with van der Waals surface area (Å²) in [6, 6.07) is 4.37. The van der Waals surface area contributed by atoms with Crippen molar-refractivity contribution in [1.82, 2.24) is 0 Å². The van der Waals surface area contributed by atoms with Crippen LogP contribution in [0.1, 0.15) is 18.1 Å². The molecular weight excluding hydrogens is 273 g/mol. The Balaban J connectivity index is 2.87. The fraction of sp³-hybridized carbons (Fsp3) is 0.417. The number of sulfone groups is 1. The lowest BCUT2D eigenvalue weighted by Crippen LogP contribution is -2.20. The average molecular weight is 289 g/mol. The Hall–Kier alpha value is -1.47. The van der Waals surface area contributed by atoms with Gasteiger partial charge in [-0.3, -0.25) is 4.79 Å². The molecule has 1 aromatic carbocycles.